The summed E-state index contributed by atoms with van der Waals surface area (Å²) in [5.74, 6) is -0.133. The molecule has 18 heavy (non-hydrogen) atoms. The van der Waals surface area contributed by atoms with E-state index in [-0.39, 0.29) is 12.0 Å². The molecular weight excluding hydrogens is 228 g/mol. The van der Waals surface area contributed by atoms with Crippen LogP contribution in [0.25, 0.3) is 0 Å². The quantitative estimate of drug-likeness (QED) is 0.712. The van der Waals surface area contributed by atoms with Gasteiger partial charge in [0.25, 0.3) is 0 Å². The fourth-order valence-electron chi connectivity index (χ4n) is 1.56. The monoisotopic (exact) mass is 250 g/mol. The van der Waals surface area contributed by atoms with E-state index in [9.17, 15) is 4.79 Å². The summed E-state index contributed by atoms with van der Waals surface area (Å²) in [4.78, 5) is 11.7. The lowest BCUT2D eigenvalue weighted by atomic mass is 10.1. The number of nitrogens with two attached hydrogens (primary N) is 1. The average molecular weight is 250 g/mol. The van der Waals surface area contributed by atoms with Gasteiger partial charge in [-0.25, -0.2) is 0 Å². The van der Waals surface area contributed by atoms with Crippen LogP contribution in [0.2, 0.25) is 0 Å². The molecule has 1 aromatic carbocycles. The summed E-state index contributed by atoms with van der Waals surface area (Å²) in [6, 6.07) is 9.25. The minimum absolute atomic E-state index is 0.133. The first-order valence-corrected chi connectivity index (χ1v) is 6.28. The molecule has 0 aliphatic heterocycles. The van der Waals surface area contributed by atoms with Gasteiger partial charge >= 0.3 is 0 Å². The van der Waals surface area contributed by atoms with Crippen molar-refractivity contribution in [1.29, 1.82) is 0 Å². The van der Waals surface area contributed by atoms with Gasteiger partial charge in [-0.05, 0) is 25.8 Å². The van der Waals surface area contributed by atoms with Crippen molar-refractivity contribution in [3.8, 4) is 0 Å². The summed E-state index contributed by atoms with van der Waals surface area (Å²) >= 11 is 0. The molecule has 0 radical (unpaired) electrons. The number of carbonyl (C=O) groups excluding carboxylic acids is 1. The molecule has 4 nitrogen and oxygen atoms in total. The van der Waals surface area contributed by atoms with E-state index in [0.717, 1.165) is 5.56 Å². The maximum Gasteiger partial charge on any atom is 0.237 e. The van der Waals surface area contributed by atoms with E-state index in [0.29, 0.717) is 19.6 Å². The lowest BCUT2D eigenvalue weighted by Crippen LogP contribution is -2.43. The Kier molecular flexibility index (Phi) is 6.39. The molecule has 1 unspecified atom stereocenters. The highest BCUT2D eigenvalue weighted by atomic mass is 16.5. The van der Waals surface area contributed by atoms with Gasteiger partial charge < -0.3 is 15.8 Å². The molecule has 0 saturated carbocycles. The normalized spacial score (nSPS) is 12.4. The number of carbonyl (C=O) groups is 1. The molecule has 3 N–H and O–H groups in total. The maximum absolute atomic E-state index is 11.7. The Bertz CT molecular complexity index is 352. The van der Waals surface area contributed by atoms with Crippen LogP contribution in [0.4, 0.5) is 0 Å². The van der Waals surface area contributed by atoms with Gasteiger partial charge in [0, 0.05) is 6.54 Å². The van der Waals surface area contributed by atoms with Crippen LogP contribution in [0.3, 0.4) is 0 Å². The van der Waals surface area contributed by atoms with E-state index in [4.69, 9.17) is 10.5 Å². The number of ether oxygens (including phenoxy) is 1. The third-order valence-corrected chi connectivity index (χ3v) is 2.49. The third-order valence-electron chi connectivity index (χ3n) is 2.49. The van der Waals surface area contributed by atoms with E-state index in [1.807, 2.05) is 44.2 Å². The molecule has 1 amide bonds. The lowest BCUT2D eigenvalue weighted by Gasteiger charge is -2.13. The molecule has 1 aromatic rings. The van der Waals surface area contributed by atoms with Crippen molar-refractivity contribution >= 4 is 5.91 Å². The molecule has 0 spiro atoms. The Morgan fingerprint density at radius 2 is 2.00 bits per heavy atom. The van der Waals surface area contributed by atoms with Crippen LogP contribution in [0, 0.1) is 0 Å². The molecule has 0 aliphatic rings. The van der Waals surface area contributed by atoms with Crippen LogP contribution in [0.15, 0.2) is 30.3 Å². The molecule has 100 valence electrons. The molecule has 0 aliphatic carbocycles. The Hall–Kier alpha value is -1.39. The van der Waals surface area contributed by atoms with Crippen molar-refractivity contribution in [3.05, 3.63) is 35.9 Å². The molecule has 1 atom stereocenters. The molecule has 4 heteroatoms. The second kappa shape index (κ2) is 7.84. The first kappa shape index (κ1) is 14.7. The average Bonchev–Trinajstić information content (AvgIpc) is 2.35. The van der Waals surface area contributed by atoms with Crippen LogP contribution in [-0.4, -0.2) is 31.2 Å². The van der Waals surface area contributed by atoms with Crippen molar-refractivity contribution in [1.82, 2.24) is 5.32 Å². The second-order valence-corrected chi connectivity index (χ2v) is 4.51. The predicted octanol–water partition coefficient (Wildman–Crippen LogP) is 1.10. The Morgan fingerprint density at radius 1 is 1.33 bits per heavy atom. The first-order valence-electron chi connectivity index (χ1n) is 6.28. The number of hydrogen-bond donors (Lipinski definition) is 2. The van der Waals surface area contributed by atoms with Gasteiger partial charge in [-0.1, -0.05) is 30.3 Å². The fourth-order valence-corrected chi connectivity index (χ4v) is 1.56. The summed E-state index contributed by atoms with van der Waals surface area (Å²) in [7, 11) is 0. The van der Waals surface area contributed by atoms with Gasteiger partial charge in [0.15, 0.2) is 0 Å². The molecule has 0 saturated heterocycles. The van der Waals surface area contributed by atoms with Crippen LogP contribution in [0.1, 0.15) is 19.4 Å². The van der Waals surface area contributed by atoms with Crippen molar-refractivity contribution in [2.75, 3.05) is 13.2 Å². The van der Waals surface area contributed by atoms with Crippen LogP contribution < -0.4 is 11.1 Å². The zero-order valence-electron chi connectivity index (χ0n) is 11.1. The predicted molar refractivity (Wildman–Crippen MR) is 72.2 cm³/mol. The van der Waals surface area contributed by atoms with Crippen LogP contribution >= 0.6 is 0 Å². The van der Waals surface area contributed by atoms with E-state index in [2.05, 4.69) is 5.32 Å². The Balaban J connectivity index is 2.25. The van der Waals surface area contributed by atoms with Crippen molar-refractivity contribution in [2.24, 2.45) is 5.73 Å². The topological polar surface area (TPSA) is 64.3 Å². The van der Waals surface area contributed by atoms with Crippen LogP contribution in [-0.2, 0) is 16.0 Å². The Labute approximate surface area is 109 Å². The number of amides is 1. The van der Waals surface area contributed by atoms with Crippen molar-refractivity contribution in [2.45, 2.75) is 32.4 Å². The molecule has 0 aromatic heterocycles. The smallest absolute Gasteiger partial charge is 0.237 e. The summed E-state index contributed by atoms with van der Waals surface area (Å²) in [6.45, 7) is 4.94. The van der Waals surface area contributed by atoms with Gasteiger partial charge in [-0.3, -0.25) is 4.79 Å². The van der Waals surface area contributed by atoms with Gasteiger partial charge in [0.2, 0.25) is 5.91 Å². The number of nitrogens with one attached hydrogen (secondary N) is 1. The summed E-state index contributed by atoms with van der Waals surface area (Å²) in [5.41, 5.74) is 6.91. The molecule has 0 heterocycles. The Morgan fingerprint density at radius 3 is 2.61 bits per heavy atom. The standard InChI is InChI=1S/C14H22N2O2/c1-11(2)18-9-8-16-14(17)13(15)10-12-6-4-3-5-7-12/h3-7,11,13H,8-10,15H2,1-2H3,(H,16,17). The highest BCUT2D eigenvalue weighted by molar-refractivity contribution is 5.81. The largest absolute Gasteiger partial charge is 0.377 e. The third kappa shape index (κ3) is 5.80. The van der Waals surface area contributed by atoms with Gasteiger partial charge in [0.05, 0.1) is 18.8 Å². The van der Waals surface area contributed by atoms with E-state index in [1.165, 1.54) is 0 Å². The highest BCUT2D eigenvalue weighted by Gasteiger charge is 2.13. The molecule has 0 bridgehead atoms. The minimum atomic E-state index is -0.508. The van der Waals surface area contributed by atoms with Crippen LogP contribution in [0.5, 0.6) is 0 Å². The lowest BCUT2D eigenvalue weighted by molar-refractivity contribution is -0.122. The summed E-state index contributed by atoms with van der Waals surface area (Å²) < 4.78 is 5.33. The molecule has 1 rings (SSSR count). The summed E-state index contributed by atoms with van der Waals surface area (Å²) in [5, 5.41) is 2.77. The van der Waals surface area contributed by atoms with Gasteiger partial charge in [-0.15, -0.1) is 0 Å². The summed E-state index contributed by atoms with van der Waals surface area (Å²) in [6.07, 6.45) is 0.734. The number of rotatable bonds is 7. The SMILES string of the molecule is CC(C)OCCNC(=O)C(N)Cc1ccccc1. The highest BCUT2D eigenvalue weighted by Crippen LogP contribution is 2.01. The molecular formula is C14H22N2O2. The fraction of sp³-hybridized carbons (Fsp3) is 0.500. The second-order valence-electron chi connectivity index (χ2n) is 4.51. The maximum atomic E-state index is 11.7. The van der Waals surface area contributed by atoms with Gasteiger partial charge in [-0.2, -0.15) is 0 Å². The number of benzene rings is 1. The van der Waals surface area contributed by atoms with E-state index in [1.54, 1.807) is 0 Å². The zero-order valence-corrected chi connectivity index (χ0v) is 11.1. The number of hydrogen-bond acceptors (Lipinski definition) is 3. The van der Waals surface area contributed by atoms with Gasteiger partial charge in [0.1, 0.15) is 0 Å². The first-order chi connectivity index (χ1) is 8.59. The van der Waals surface area contributed by atoms with E-state index >= 15 is 0 Å². The molecule has 0 fully saturated rings. The zero-order chi connectivity index (χ0) is 13.4. The van der Waals surface area contributed by atoms with E-state index < -0.39 is 6.04 Å². The van der Waals surface area contributed by atoms with Crippen molar-refractivity contribution in [3.63, 3.8) is 0 Å². The van der Waals surface area contributed by atoms with Crippen molar-refractivity contribution < 1.29 is 9.53 Å². The minimum Gasteiger partial charge on any atom is -0.377 e.